The number of carbonyl (C=O) groups is 4. The van der Waals surface area contributed by atoms with Gasteiger partial charge in [0, 0.05) is 78.4 Å². The smallest absolute Gasteiger partial charge is 0.338 e. The molecule has 0 saturated carbocycles. The molecule has 4 aliphatic heterocycles. The Balaban J connectivity index is 0.940. The van der Waals surface area contributed by atoms with Crippen LogP contribution in [-0.2, 0) is 19.1 Å². The Bertz CT molecular complexity index is 2290. The maximum Gasteiger partial charge on any atom is 0.338 e. The normalized spacial score (nSPS) is 21.0. The van der Waals surface area contributed by atoms with Crippen LogP contribution in [0.3, 0.4) is 0 Å². The fourth-order valence-corrected chi connectivity index (χ4v) is 8.39. The number of carboxylic acid groups (broad SMARTS) is 1. The minimum atomic E-state index is -1.12. The van der Waals surface area contributed by atoms with Gasteiger partial charge in [-0.25, -0.2) is 23.8 Å². The summed E-state index contributed by atoms with van der Waals surface area (Å²) < 4.78 is 30.6. The lowest BCUT2D eigenvalue weighted by Gasteiger charge is -2.38. The first-order valence-electron chi connectivity index (χ1n) is 18.4. The molecule has 3 fully saturated rings. The Morgan fingerprint density at radius 2 is 1.79 bits per heavy atom. The van der Waals surface area contributed by atoms with Gasteiger partial charge in [-0.05, 0) is 60.7 Å². The second-order valence-electron chi connectivity index (χ2n) is 13.9. The van der Waals surface area contributed by atoms with Crippen molar-refractivity contribution in [3.8, 4) is 11.5 Å². The highest BCUT2D eigenvalue weighted by Crippen LogP contribution is 2.37. The number of piperazine rings is 1. The third-order valence-electron chi connectivity index (χ3n) is 10.4. The molecule has 0 unspecified atom stereocenters. The zero-order valence-electron chi connectivity index (χ0n) is 31.0. The number of hydrogen-bond acceptors (Lipinski definition) is 12. The average molecular weight is 830 g/mol. The van der Waals surface area contributed by atoms with Crippen molar-refractivity contribution in [3.63, 3.8) is 0 Å². The number of urea groups is 1. The standard InChI is InChI=1S/C40H37ClFN7O8S/c1-55-39(53)33-31(44-35(36-43-12-17-58-36)45-34(33)29-11-4-24(42)18-30(29)41)21-46-13-14-47-26(19-46)20-49(40(47)54)25-5-9-28(10-6-25)57-27-7-2-23(3-8-27)37(50)48-15-16-56-22-32(48)38(51)52/h2-12,17-18,26,32,34H,13-16,19-22H2,1H3,(H,44,45)(H,51,52)/t26-,32+,34-/m0/s1. The third kappa shape index (κ3) is 7.85. The van der Waals surface area contributed by atoms with E-state index < -0.39 is 35.7 Å². The predicted molar refractivity (Wildman–Crippen MR) is 211 cm³/mol. The molecule has 3 amide bonds. The van der Waals surface area contributed by atoms with E-state index in [-0.39, 0.29) is 42.4 Å². The number of esters is 1. The first-order valence-corrected chi connectivity index (χ1v) is 19.6. The van der Waals surface area contributed by atoms with E-state index >= 15 is 0 Å². The number of methoxy groups -OCH3 is 1. The minimum absolute atomic E-state index is 0.0583. The fraction of sp³-hybridized carbons (Fsp3) is 0.300. The van der Waals surface area contributed by atoms with E-state index in [9.17, 15) is 28.7 Å². The number of carbonyl (C=O) groups excluding carboxylic acids is 3. The number of rotatable bonds is 10. The molecule has 1 aromatic heterocycles. The molecule has 3 saturated heterocycles. The van der Waals surface area contributed by atoms with Crippen LogP contribution in [0.5, 0.6) is 11.5 Å². The van der Waals surface area contributed by atoms with E-state index in [1.165, 1.54) is 41.5 Å². The molecule has 2 N–H and O–H groups in total. The van der Waals surface area contributed by atoms with Crippen LogP contribution in [0, 0.1) is 5.82 Å². The van der Waals surface area contributed by atoms with Gasteiger partial charge in [0.15, 0.2) is 16.9 Å². The van der Waals surface area contributed by atoms with E-state index in [1.807, 2.05) is 22.4 Å². The molecule has 0 bridgehead atoms. The third-order valence-corrected chi connectivity index (χ3v) is 11.5. The van der Waals surface area contributed by atoms with Gasteiger partial charge in [0.25, 0.3) is 5.91 Å². The first-order chi connectivity index (χ1) is 28.1. The van der Waals surface area contributed by atoms with Crippen molar-refractivity contribution < 1.29 is 42.9 Å². The highest BCUT2D eigenvalue weighted by atomic mass is 35.5. The van der Waals surface area contributed by atoms with Gasteiger partial charge in [-0.1, -0.05) is 17.7 Å². The Morgan fingerprint density at radius 3 is 2.48 bits per heavy atom. The molecule has 3 atom stereocenters. The summed E-state index contributed by atoms with van der Waals surface area (Å²) in [5, 5.41) is 15.4. The topological polar surface area (TPSA) is 166 Å². The molecule has 0 aliphatic carbocycles. The van der Waals surface area contributed by atoms with Crippen molar-refractivity contribution in [2.45, 2.75) is 18.1 Å². The number of aromatic nitrogens is 1. The number of benzene rings is 3. The lowest BCUT2D eigenvalue weighted by molar-refractivity contribution is -0.147. The Hall–Kier alpha value is -5.88. The van der Waals surface area contributed by atoms with Gasteiger partial charge in [-0.15, -0.1) is 11.3 Å². The molecule has 15 nitrogen and oxygen atoms in total. The van der Waals surface area contributed by atoms with Crippen molar-refractivity contribution in [1.82, 2.24) is 25.0 Å². The summed E-state index contributed by atoms with van der Waals surface area (Å²) in [5.41, 5.74) is 2.28. The number of anilines is 1. The van der Waals surface area contributed by atoms with Gasteiger partial charge in [-0.2, -0.15) is 0 Å². The number of morpholine rings is 1. The SMILES string of the molecule is COC(=O)C1=C(CN2CCN3C(=O)N(c4ccc(Oc5ccc(C(=O)N6CCOC[C@@H]6C(=O)O)cc5)cc4)C[C@@H]3C2)NC(c2nccs2)=N[C@H]1c1ccc(F)cc1Cl. The van der Waals surface area contributed by atoms with E-state index in [0.717, 1.165) is 0 Å². The molecule has 300 valence electrons. The van der Waals surface area contributed by atoms with Crippen LogP contribution in [0.25, 0.3) is 0 Å². The second kappa shape index (κ2) is 16.5. The molecule has 4 aliphatic rings. The molecular weight excluding hydrogens is 793 g/mol. The summed E-state index contributed by atoms with van der Waals surface area (Å²) in [5.74, 6) is -1.19. The molecule has 0 spiro atoms. The monoisotopic (exact) mass is 829 g/mol. The minimum Gasteiger partial charge on any atom is -0.480 e. The van der Waals surface area contributed by atoms with Crippen LogP contribution in [-0.4, -0.2) is 126 Å². The van der Waals surface area contributed by atoms with Crippen LogP contribution >= 0.6 is 22.9 Å². The number of nitrogens with zero attached hydrogens (tertiary/aromatic N) is 6. The number of aliphatic carboxylic acids is 1. The highest BCUT2D eigenvalue weighted by Gasteiger charge is 2.42. The molecule has 4 aromatic rings. The van der Waals surface area contributed by atoms with Crippen LogP contribution in [0.15, 0.2) is 94.6 Å². The molecular formula is C40H37ClFN7O8S. The number of nitrogens with one attached hydrogen (secondary N) is 1. The number of halogens is 2. The van der Waals surface area contributed by atoms with E-state index in [1.54, 1.807) is 47.5 Å². The zero-order chi connectivity index (χ0) is 40.5. The number of hydrogen-bond donors (Lipinski definition) is 2. The van der Waals surface area contributed by atoms with Crippen molar-refractivity contribution >= 4 is 58.3 Å². The Kier molecular flexibility index (Phi) is 11.1. The summed E-state index contributed by atoms with van der Waals surface area (Å²) in [4.78, 5) is 68.0. The van der Waals surface area contributed by atoms with Crippen LogP contribution < -0.4 is 15.0 Å². The highest BCUT2D eigenvalue weighted by molar-refractivity contribution is 7.11. The fourth-order valence-electron chi connectivity index (χ4n) is 7.54. The van der Waals surface area contributed by atoms with Crippen molar-refractivity contribution in [2.75, 3.05) is 64.5 Å². The number of amidine groups is 1. The average Bonchev–Trinajstić information content (AvgIpc) is 3.89. The zero-order valence-corrected chi connectivity index (χ0v) is 32.6. The molecule has 5 heterocycles. The summed E-state index contributed by atoms with van der Waals surface area (Å²) in [6.45, 7) is 2.66. The van der Waals surface area contributed by atoms with Crippen LogP contribution in [0.2, 0.25) is 5.02 Å². The van der Waals surface area contributed by atoms with Gasteiger partial charge in [0.1, 0.15) is 23.4 Å². The number of aliphatic imine (C=N–C) groups is 1. The number of fused-ring (bicyclic) bond motifs is 1. The molecule has 0 radical (unpaired) electrons. The van der Waals surface area contributed by atoms with Gasteiger partial charge in [0.2, 0.25) is 0 Å². The number of thiazole rings is 1. The maximum atomic E-state index is 14.1. The van der Waals surface area contributed by atoms with E-state index in [4.69, 9.17) is 30.8 Å². The van der Waals surface area contributed by atoms with Crippen molar-refractivity contribution in [2.24, 2.45) is 4.99 Å². The second-order valence-corrected chi connectivity index (χ2v) is 15.2. The lowest BCUT2D eigenvalue weighted by Crippen LogP contribution is -2.53. The summed E-state index contributed by atoms with van der Waals surface area (Å²) >= 11 is 7.89. The largest absolute Gasteiger partial charge is 0.480 e. The van der Waals surface area contributed by atoms with Crippen molar-refractivity contribution in [1.29, 1.82) is 0 Å². The van der Waals surface area contributed by atoms with Crippen LogP contribution in [0.1, 0.15) is 27.0 Å². The number of carboxylic acids is 1. The Labute approximate surface area is 340 Å². The van der Waals surface area contributed by atoms with Gasteiger partial charge in [0.05, 0.1) is 31.9 Å². The summed E-state index contributed by atoms with van der Waals surface area (Å²) in [7, 11) is 1.29. The number of amides is 3. The van der Waals surface area contributed by atoms with Crippen LogP contribution in [0.4, 0.5) is 14.9 Å². The first kappa shape index (κ1) is 39.0. The van der Waals surface area contributed by atoms with E-state index in [0.29, 0.717) is 77.6 Å². The number of ether oxygens (including phenoxy) is 3. The van der Waals surface area contributed by atoms with Gasteiger partial charge in [-0.3, -0.25) is 19.6 Å². The molecule has 58 heavy (non-hydrogen) atoms. The molecule has 3 aromatic carbocycles. The summed E-state index contributed by atoms with van der Waals surface area (Å²) in [6, 6.07) is 15.4. The quantitative estimate of drug-likeness (QED) is 0.211. The maximum absolute atomic E-state index is 14.1. The predicted octanol–water partition coefficient (Wildman–Crippen LogP) is 4.80. The van der Waals surface area contributed by atoms with Crippen molar-refractivity contribution in [3.05, 3.63) is 117 Å². The summed E-state index contributed by atoms with van der Waals surface area (Å²) in [6.07, 6.45) is 1.66. The molecule has 18 heteroatoms. The van der Waals surface area contributed by atoms with Gasteiger partial charge < -0.3 is 34.4 Å². The lowest BCUT2D eigenvalue weighted by atomic mass is 9.95. The van der Waals surface area contributed by atoms with E-state index in [2.05, 4.69) is 15.2 Å². The van der Waals surface area contributed by atoms with Gasteiger partial charge >= 0.3 is 18.0 Å². The molecule has 8 rings (SSSR count). The Morgan fingerprint density at radius 1 is 1.03 bits per heavy atom.